The van der Waals surface area contributed by atoms with Crippen LogP contribution in [0.4, 0.5) is 0 Å². The molecule has 0 saturated carbocycles. The van der Waals surface area contributed by atoms with Crippen molar-refractivity contribution in [1.82, 2.24) is 0 Å². The van der Waals surface area contributed by atoms with Crippen LogP contribution in [0.1, 0.15) is 39.5 Å². The molecule has 1 atom stereocenters. The fraction of sp³-hybridized carbons (Fsp3) is 0.700. The van der Waals surface area contributed by atoms with Gasteiger partial charge in [0.15, 0.2) is 0 Å². The van der Waals surface area contributed by atoms with Gasteiger partial charge < -0.3 is 4.74 Å². The Balaban J connectivity index is 3.53. The van der Waals surface area contributed by atoms with E-state index in [1.165, 1.54) is 13.0 Å². The summed E-state index contributed by atoms with van der Waals surface area (Å²) in [6.45, 7) is 8.83. The maximum atomic E-state index is 10.5. The quantitative estimate of drug-likeness (QED) is 0.451. The zero-order chi connectivity index (χ0) is 9.40. The first-order valence-corrected chi connectivity index (χ1v) is 4.43. The summed E-state index contributed by atoms with van der Waals surface area (Å²) in [5, 5.41) is 0. The van der Waals surface area contributed by atoms with E-state index >= 15 is 0 Å². The molecule has 2 nitrogen and oxygen atoms in total. The molecule has 0 bridgehead atoms. The van der Waals surface area contributed by atoms with Crippen LogP contribution in [0.2, 0.25) is 0 Å². The van der Waals surface area contributed by atoms with E-state index in [2.05, 4.69) is 6.92 Å². The number of esters is 1. The van der Waals surface area contributed by atoms with Crippen LogP contribution in [0.15, 0.2) is 6.08 Å². The molecule has 69 valence electrons. The molecule has 2 heteroatoms. The Labute approximate surface area is 74.6 Å². The maximum Gasteiger partial charge on any atom is 0.303 e. The largest absolute Gasteiger partial charge is 0.458 e. The van der Waals surface area contributed by atoms with E-state index < -0.39 is 0 Å². The van der Waals surface area contributed by atoms with Crippen LogP contribution in [-0.2, 0) is 9.53 Å². The molecule has 0 aromatic carbocycles. The molecule has 0 N–H and O–H groups in total. The van der Waals surface area contributed by atoms with Gasteiger partial charge in [-0.15, -0.1) is 0 Å². The van der Waals surface area contributed by atoms with Gasteiger partial charge in [0.05, 0.1) is 0 Å². The molecule has 0 unspecified atom stereocenters. The third kappa shape index (κ3) is 5.96. The lowest BCUT2D eigenvalue weighted by Gasteiger charge is -2.11. The SMILES string of the molecule is [CH]=C[C@@H](CCCCC)OC(C)=O. The average Bonchev–Trinajstić information content (AvgIpc) is 2.02. The molecule has 0 fully saturated rings. The van der Waals surface area contributed by atoms with E-state index in [0.29, 0.717) is 0 Å². The molecule has 0 saturated heterocycles. The van der Waals surface area contributed by atoms with Crippen molar-refractivity contribution in [3.05, 3.63) is 12.7 Å². The van der Waals surface area contributed by atoms with Gasteiger partial charge in [0.2, 0.25) is 0 Å². The van der Waals surface area contributed by atoms with Crippen molar-refractivity contribution < 1.29 is 9.53 Å². The normalized spacial score (nSPS) is 12.2. The first-order chi connectivity index (χ1) is 5.70. The van der Waals surface area contributed by atoms with Crippen molar-refractivity contribution in [1.29, 1.82) is 0 Å². The van der Waals surface area contributed by atoms with E-state index in [9.17, 15) is 4.79 Å². The second-order valence-corrected chi connectivity index (χ2v) is 2.84. The van der Waals surface area contributed by atoms with Gasteiger partial charge in [0.25, 0.3) is 0 Å². The summed E-state index contributed by atoms with van der Waals surface area (Å²) < 4.78 is 4.93. The van der Waals surface area contributed by atoms with Gasteiger partial charge in [-0.2, -0.15) is 0 Å². The third-order valence-corrected chi connectivity index (χ3v) is 1.62. The van der Waals surface area contributed by atoms with Crippen LogP contribution in [0.5, 0.6) is 0 Å². The van der Waals surface area contributed by atoms with Gasteiger partial charge in [0.1, 0.15) is 6.10 Å². The molecule has 0 rings (SSSR count). The molecule has 0 spiro atoms. The summed E-state index contributed by atoms with van der Waals surface area (Å²) in [5.74, 6) is -0.266. The number of carbonyl (C=O) groups excluding carboxylic acids is 1. The summed E-state index contributed by atoms with van der Waals surface area (Å²) >= 11 is 0. The predicted octanol–water partition coefficient (Wildman–Crippen LogP) is 2.49. The summed E-state index contributed by atoms with van der Waals surface area (Å²) in [7, 11) is 0. The van der Waals surface area contributed by atoms with Gasteiger partial charge in [-0.3, -0.25) is 4.79 Å². The molecule has 0 heterocycles. The Morgan fingerprint density at radius 2 is 2.25 bits per heavy atom. The molecule has 0 aromatic heterocycles. The van der Waals surface area contributed by atoms with Gasteiger partial charge in [-0.25, -0.2) is 0 Å². The minimum Gasteiger partial charge on any atom is -0.458 e. The van der Waals surface area contributed by atoms with E-state index in [0.717, 1.165) is 25.7 Å². The number of hydrogen-bond donors (Lipinski definition) is 0. The Morgan fingerprint density at radius 1 is 1.58 bits per heavy atom. The van der Waals surface area contributed by atoms with Gasteiger partial charge in [-0.05, 0) is 18.9 Å². The molecule has 0 aromatic rings. The lowest BCUT2D eigenvalue weighted by Crippen LogP contribution is -2.13. The number of carbonyl (C=O) groups is 1. The van der Waals surface area contributed by atoms with Crippen LogP contribution >= 0.6 is 0 Å². The second-order valence-electron chi connectivity index (χ2n) is 2.84. The standard InChI is InChI=1S/C10H17O2/c1-4-6-7-8-10(5-2)12-9(3)11/h2,5,10H,4,6-8H2,1,3H3/t10-/m0/s1. The fourth-order valence-corrected chi connectivity index (χ4v) is 1.00. The van der Waals surface area contributed by atoms with E-state index in [4.69, 9.17) is 11.3 Å². The van der Waals surface area contributed by atoms with Crippen LogP contribution < -0.4 is 0 Å². The summed E-state index contributed by atoms with van der Waals surface area (Å²) in [6.07, 6.45) is 5.46. The van der Waals surface area contributed by atoms with Crippen molar-refractivity contribution in [2.75, 3.05) is 0 Å². The number of unbranched alkanes of at least 4 members (excludes halogenated alkanes) is 2. The van der Waals surface area contributed by atoms with Crippen LogP contribution in [0, 0.1) is 6.58 Å². The summed E-state index contributed by atoms with van der Waals surface area (Å²) in [6, 6.07) is 0. The smallest absolute Gasteiger partial charge is 0.303 e. The maximum absolute atomic E-state index is 10.5. The first kappa shape index (κ1) is 11.2. The lowest BCUT2D eigenvalue weighted by atomic mass is 10.1. The second kappa shape index (κ2) is 6.89. The minimum absolute atomic E-state index is 0.200. The van der Waals surface area contributed by atoms with Crippen molar-refractivity contribution in [3.63, 3.8) is 0 Å². The number of rotatable bonds is 6. The van der Waals surface area contributed by atoms with E-state index in [1.807, 2.05) is 0 Å². The highest BCUT2D eigenvalue weighted by atomic mass is 16.5. The van der Waals surface area contributed by atoms with Gasteiger partial charge in [-0.1, -0.05) is 26.3 Å². The number of hydrogen-bond acceptors (Lipinski definition) is 2. The van der Waals surface area contributed by atoms with E-state index in [-0.39, 0.29) is 12.1 Å². The van der Waals surface area contributed by atoms with Gasteiger partial charge >= 0.3 is 5.97 Å². The molecule has 0 aliphatic carbocycles. The topological polar surface area (TPSA) is 26.3 Å². The summed E-state index contributed by atoms with van der Waals surface area (Å²) in [5.41, 5.74) is 0. The highest BCUT2D eigenvalue weighted by Gasteiger charge is 2.05. The molecule has 0 aliphatic rings. The Kier molecular flexibility index (Phi) is 6.44. The predicted molar refractivity (Wildman–Crippen MR) is 48.6 cm³/mol. The zero-order valence-corrected chi connectivity index (χ0v) is 7.88. The summed E-state index contributed by atoms with van der Waals surface area (Å²) in [4.78, 5) is 10.5. The monoisotopic (exact) mass is 169 g/mol. The lowest BCUT2D eigenvalue weighted by molar-refractivity contribution is -0.144. The third-order valence-electron chi connectivity index (χ3n) is 1.62. The number of ether oxygens (including phenoxy) is 1. The Bertz CT molecular complexity index is 141. The Morgan fingerprint density at radius 3 is 2.67 bits per heavy atom. The minimum atomic E-state index is -0.266. The molecule has 0 aliphatic heterocycles. The fourth-order valence-electron chi connectivity index (χ4n) is 1.00. The molecule has 12 heavy (non-hydrogen) atoms. The van der Waals surface area contributed by atoms with Crippen molar-refractivity contribution in [3.8, 4) is 0 Å². The van der Waals surface area contributed by atoms with Crippen LogP contribution in [0.3, 0.4) is 0 Å². The van der Waals surface area contributed by atoms with Gasteiger partial charge in [0, 0.05) is 6.92 Å². The molecular formula is C10H17O2. The highest BCUT2D eigenvalue weighted by molar-refractivity contribution is 5.66. The molecule has 0 amide bonds. The molecular weight excluding hydrogens is 152 g/mol. The molecule has 1 radical (unpaired) electrons. The van der Waals surface area contributed by atoms with Crippen molar-refractivity contribution in [2.24, 2.45) is 0 Å². The average molecular weight is 169 g/mol. The van der Waals surface area contributed by atoms with Crippen molar-refractivity contribution in [2.45, 2.75) is 45.6 Å². The Hall–Kier alpha value is -0.790. The van der Waals surface area contributed by atoms with Crippen LogP contribution in [-0.4, -0.2) is 12.1 Å². The highest BCUT2D eigenvalue weighted by Crippen LogP contribution is 2.07. The van der Waals surface area contributed by atoms with E-state index in [1.54, 1.807) is 0 Å². The van der Waals surface area contributed by atoms with Crippen molar-refractivity contribution >= 4 is 5.97 Å². The zero-order valence-electron chi connectivity index (χ0n) is 7.88. The van der Waals surface area contributed by atoms with Crippen LogP contribution in [0.25, 0.3) is 0 Å². The first-order valence-electron chi connectivity index (χ1n) is 4.43.